The first kappa shape index (κ1) is 26.1. The molecule has 2 aliphatic heterocycles. The monoisotopic (exact) mass is 475 g/mol. The molecule has 9 nitrogen and oxygen atoms in total. The van der Waals surface area contributed by atoms with Gasteiger partial charge < -0.3 is 25.2 Å². The highest BCUT2D eigenvalue weighted by molar-refractivity contribution is 5.69. The number of hydrogen-bond donors (Lipinski definition) is 2. The van der Waals surface area contributed by atoms with Crippen LogP contribution in [0.4, 0.5) is 21.9 Å². The van der Waals surface area contributed by atoms with Crippen molar-refractivity contribution in [1.29, 1.82) is 0 Å². The second kappa shape index (κ2) is 11.3. The van der Waals surface area contributed by atoms with Gasteiger partial charge in [0.1, 0.15) is 11.3 Å². The standard InChI is InChI=1S/C25H41N5O4/c1-18(2)28-14-10-20(11-15-28)27-21-6-7-22(23(16-21)30(32)33)29-12-8-19(9-13-29)17-26-24(31)34-25(3,4)5/h6-7,16,18-20,27H,8-15,17H2,1-5H3,(H,26,31). The molecule has 1 aromatic carbocycles. The molecule has 1 amide bonds. The highest BCUT2D eigenvalue weighted by atomic mass is 16.6. The minimum Gasteiger partial charge on any atom is -0.444 e. The van der Waals surface area contributed by atoms with Gasteiger partial charge in [-0.25, -0.2) is 4.79 Å². The van der Waals surface area contributed by atoms with Crippen molar-refractivity contribution in [2.45, 2.75) is 78.0 Å². The van der Waals surface area contributed by atoms with Crippen molar-refractivity contribution < 1.29 is 14.5 Å². The zero-order chi connectivity index (χ0) is 24.9. The third kappa shape index (κ3) is 7.48. The molecule has 0 aromatic heterocycles. The van der Waals surface area contributed by atoms with Gasteiger partial charge in [-0.2, -0.15) is 0 Å². The number of piperidine rings is 2. The van der Waals surface area contributed by atoms with Crippen LogP contribution < -0.4 is 15.5 Å². The van der Waals surface area contributed by atoms with Crippen molar-refractivity contribution in [1.82, 2.24) is 10.2 Å². The third-order valence-corrected chi connectivity index (χ3v) is 6.69. The molecular formula is C25H41N5O4. The Morgan fingerprint density at radius 2 is 1.79 bits per heavy atom. The summed E-state index contributed by atoms with van der Waals surface area (Å²) in [7, 11) is 0. The van der Waals surface area contributed by atoms with Crippen LogP contribution in [0.15, 0.2) is 18.2 Å². The molecular weight excluding hydrogens is 434 g/mol. The summed E-state index contributed by atoms with van der Waals surface area (Å²) in [5, 5.41) is 18.2. The molecule has 34 heavy (non-hydrogen) atoms. The number of nitrogens with one attached hydrogen (secondary N) is 2. The SMILES string of the molecule is CC(C)N1CCC(Nc2ccc(N3CCC(CNC(=O)OC(C)(C)C)CC3)c([N+](=O)[O-])c2)CC1. The molecule has 2 aliphatic rings. The normalized spacial score (nSPS) is 18.7. The Hall–Kier alpha value is -2.55. The molecule has 3 rings (SSSR count). The molecule has 2 N–H and O–H groups in total. The quantitative estimate of drug-likeness (QED) is 0.438. The van der Waals surface area contributed by atoms with E-state index >= 15 is 0 Å². The summed E-state index contributed by atoms with van der Waals surface area (Å²) in [6.45, 7) is 14.1. The first-order valence-corrected chi connectivity index (χ1v) is 12.5. The Morgan fingerprint density at radius 3 is 2.35 bits per heavy atom. The second-order valence-corrected chi connectivity index (χ2v) is 10.8. The van der Waals surface area contributed by atoms with E-state index < -0.39 is 11.7 Å². The molecule has 9 heteroatoms. The molecule has 0 aliphatic carbocycles. The molecule has 2 saturated heterocycles. The Kier molecular flexibility index (Phi) is 8.62. The van der Waals surface area contributed by atoms with E-state index in [0.29, 0.717) is 30.2 Å². The van der Waals surface area contributed by atoms with Crippen molar-refractivity contribution in [3.05, 3.63) is 28.3 Å². The van der Waals surface area contributed by atoms with Crippen molar-refractivity contribution in [2.75, 3.05) is 42.9 Å². The predicted octanol–water partition coefficient (Wildman–Crippen LogP) is 4.62. The van der Waals surface area contributed by atoms with Crippen LogP contribution in [0.2, 0.25) is 0 Å². The lowest BCUT2D eigenvalue weighted by molar-refractivity contribution is -0.384. The van der Waals surface area contributed by atoms with Crippen LogP contribution in [-0.4, -0.2) is 66.3 Å². The van der Waals surface area contributed by atoms with E-state index in [4.69, 9.17) is 4.74 Å². The number of carbonyl (C=O) groups excluding carboxylic acids is 1. The third-order valence-electron chi connectivity index (χ3n) is 6.69. The fourth-order valence-electron chi connectivity index (χ4n) is 4.74. The number of carbonyl (C=O) groups is 1. The van der Waals surface area contributed by atoms with Gasteiger partial charge in [0.15, 0.2) is 0 Å². The lowest BCUT2D eigenvalue weighted by Crippen LogP contribution is -2.42. The van der Waals surface area contributed by atoms with Gasteiger partial charge in [0.25, 0.3) is 5.69 Å². The average molecular weight is 476 g/mol. The Balaban J connectivity index is 1.54. The van der Waals surface area contributed by atoms with E-state index in [1.54, 1.807) is 6.07 Å². The summed E-state index contributed by atoms with van der Waals surface area (Å²) < 4.78 is 5.30. The largest absolute Gasteiger partial charge is 0.444 e. The van der Waals surface area contributed by atoms with Crippen LogP contribution >= 0.6 is 0 Å². The van der Waals surface area contributed by atoms with Gasteiger partial charge in [-0.15, -0.1) is 0 Å². The van der Waals surface area contributed by atoms with Gasteiger partial charge >= 0.3 is 6.09 Å². The summed E-state index contributed by atoms with van der Waals surface area (Å²) in [6, 6.07) is 6.42. The molecule has 0 spiro atoms. The maximum absolute atomic E-state index is 11.9. The number of benzene rings is 1. The number of nitro benzene ring substituents is 1. The van der Waals surface area contributed by atoms with Gasteiger partial charge in [0.2, 0.25) is 0 Å². The smallest absolute Gasteiger partial charge is 0.407 e. The zero-order valence-electron chi connectivity index (χ0n) is 21.3. The highest BCUT2D eigenvalue weighted by Gasteiger charge is 2.27. The van der Waals surface area contributed by atoms with Crippen LogP contribution in [0.3, 0.4) is 0 Å². The summed E-state index contributed by atoms with van der Waals surface area (Å²) in [4.78, 5) is 28.0. The minimum absolute atomic E-state index is 0.148. The predicted molar refractivity (Wildman–Crippen MR) is 136 cm³/mol. The van der Waals surface area contributed by atoms with Crippen molar-refractivity contribution in [2.24, 2.45) is 5.92 Å². The second-order valence-electron chi connectivity index (χ2n) is 10.8. The van der Waals surface area contributed by atoms with E-state index in [9.17, 15) is 14.9 Å². The number of likely N-dealkylation sites (tertiary alicyclic amines) is 1. The summed E-state index contributed by atoms with van der Waals surface area (Å²) in [5.74, 6) is 0.334. The molecule has 190 valence electrons. The van der Waals surface area contributed by atoms with Gasteiger partial charge in [0, 0.05) is 56.6 Å². The van der Waals surface area contributed by atoms with Gasteiger partial charge in [-0.1, -0.05) is 0 Å². The van der Waals surface area contributed by atoms with Crippen LogP contribution in [0, 0.1) is 16.0 Å². The van der Waals surface area contributed by atoms with Gasteiger partial charge in [0.05, 0.1) is 4.92 Å². The van der Waals surface area contributed by atoms with Crippen molar-refractivity contribution in [3.8, 4) is 0 Å². The minimum atomic E-state index is -0.515. The number of alkyl carbamates (subject to hydrolysis) is 1. The fourth-order valence-corrected chi connectivity index (χ4v) is 4.74. The number of nitro groups is 1. The van der Waals surface area contributed by atoms with E-state index in [1.165, 1.54) is 0 Å². The summed E-state index contributed by atoms with van der Waals surface area (Å²) >= 11 is 0. The fraction of sp³-hybridized carbons (Fsp3) is 0.720. The average Bonchev–Trinajstić information content (AvgIpc) is 2.77. The Morgan fingerprint density at radius 1 is 1.15 bits per heavy atom. The first-order chi connectivity index (χ1) is 16.0. The topological polar surface area (TPSA) is 100.0 Å². The van der Waals surface area contributed by atoms with E-state index in [0.717, 1.165) is 57.5 Å². The molecule has 1 aromatic rings. The highest BCUT2D eigenvalue weighted by Crippen LogP contribution is 2.34. The van der Waals surface area contributed by atoms with Crippen LogP contribution in [0.1, 0.15) is 60.3 Å². The van der Waals surface area contributed by atoms with Crippen LogP contribution in [0.5, 0.6) is 0 Å². The van der Waals surface area contributed by atoms with E-state index in [2.05, 4.69) is 34.3 Å². The molecule has 0 radical (unpaired) electrons. The first-order valence-electron chi connectivity index (χ1n) is 12.5. The molecule has 0 saturated carbocycles. The number of amides is 1. The molecule has 2 heterocycles. The molecule has 0 unspecified atom stereocenters. The summed E-state index contributed by atoms with van der Waals surface area (Å²) in [5.41, 5.74) is 1.12. The Labute approximate surface area is 203 Å². The number of ether oxygens (including phenoxy) is 1. The molecule has 2 fully saturated rings. The van der Waals surface area contributed by atoms with Crippen LogP contribution in [0.25, 0.3) is 0 Å². The zero-order valence-corrected chi connectivity index (χ0v) is 21.3. The lowest BCUT2D eigenvalue weighted by atomic mass is 9.96. The van der Waals surface area contributed by atoms with Crippen molar-refractivity contribution >= 4 is 23.2 Å². The van der Waals surface area contributed by atoms with Crippen LogP contribution in [-0.2, 0) is 4.74 Å². The summed E-state index contributed by atoms with van der Waals surface area (Å²) in [6.07, 6.45) is 3.41. The lowest BCUT2D eigenvalue weighted by Gasteiger charge is -2.35. The number of anilines is 2. The van der Waals surface area contributed by atoms with Gasteiger partial charge in [-0.3, -0.25) is 10.1 Å². The van der Waals surface area contributed by atoms with E-state index in [-0.39, 0.29) is 10.6 Å². The number of nitrogens with zero attached hydrogens (tertiary/aromatic N) is 3. The molecule has 0 bridgehead atoms. The number of rotatable bonds is 7. The van der Waals surface area contributed by atoms with Crippen molar-refractivity contribution in [3.63, 3.8) is 0 Å². The van der Waals surface area contributed by atoms with E-state index in [1.807, 2.05) is 32.9 Å². The molecule has 0 atom stereocenters. The maximum atomic E-state index is 11.9. The maximum Gasteiger partial charge on any atom is 0.407 e. The Bertz CT molecular complexity index is 838. The van der Waals surface area contributed by atoms with Gasteiger partial charge in [-0.05, 0) is 78.4 Å². The number of hydrogen-bond acceptors (Lipinski definition) is 7.